The van der Waals surface area contributed by atoms with E-state index < -0.39 is 0 Å². The number of hydrogen-bond donors (Lipinski definition) is 0. The van der Waals surface area contributed by atoms with Crippen LogP contribution in [0.1, 0.15) is 11.1 Å². The first kappa shape index (κ1) is 15.3. The Bertz CT molecular complexity index is 1110. The van der Waals surface area contributed by atoms with Crippen LogP contribution < -0.4 is 5.56 Å². The van der Waals surface area contributed by atoms with E-state index in [0.717, 1.165) is 16.7 Å². The second kappa shape index (κ2) is 5.98. The van der Waals surface area contributed by atoms with Crippen molar-refractivity contribution in [1.29, 1.82) is 0 Å². The van der Waals surface area contributed by atoms with E-state index in [2.05, 4.69) is 10.2 Å². The fourth-order valence-electron chi connectivity index (χ4n) is 2.76. The van der Waals surface area contributed by atoms with Crippen LogP contribution in [0.25, 0.3) is 16.8 Å². The van der Waals surface area contributed by atoms with Gasteiger partial charge in [-0.25, -0.2) is 13.6 Å². The number of hydrogen-bond acceptors (Lipinski definition) is 3. The summed E-state index contributed by atoms with van der Waals surface area (Å²) < 4.78 is 16.0. The predicted molar refractivity (Wildman–Crippen MR) is 92.9 cm³/mol. The molecule has 6 heteroatoms. The van der Waals surface area contributed by atoms with Crippen LogP contribution in [0.15, 0.2) is 65.7 Å². The summed E-state index contributed by atoms with van der Waals surface area (Å²) in [7, 11) is 0. The molecule has 2 heterocycles. The zero-order chi connectivity index (χ0) is 17.4. The molecule has 0 N–H and O–H groups in total. The van der Waals surface area contributed by atoms with Gasteiger partial charge in [0.1, 0.15) is 17.7 Å². The number of aryl methyl sites for hydroxylation is 1. The normalized spacial score (nSPS) is 11.1. The van der Waals surface area contributed by atoms with E-state index in [0.29, 0.717) is 17.8 Å². The number of aromatic nitrogens is 4. The highest BCUT2D eigenvalue weighted by molar-refractivity contribution is 5.65. The third-order valence-electron chi connectivity index (χ3n) is 4.21. The molecule has 0 radical (unpaired) electrons. The third kappa shape index (κ3) is 2.82. The molecule has 25 heavy (non-hydrogen) atoms. The van der Waals surface area contributed by atoms with Gasteiger partial charge >= 0.3 is 0 Å². The first-order valence-electron chi connectivity index (χ1n) is 7.88. The fourth-order valence-corrected chi connectivity index (χ4v) is 2.76. The van der Waals surface area contributed by atoms with E-state index in [1.165, 1.54) is 27.7 Å². The Morgan fingerprint density at radius 1 is 1.08 bits per heavy atom. The van der Waals surface area contributed by atoms with Crippen LogP contribution >= 0.6 is 0 Å². The Morgan fingerprint density at radius 2 is 1.84 bits per heavy atom. The molecule has 4 rings (SSSR count). The highest BCUT2D eigenvalue weighted by Gasteiger charge is 2.11. The van der Waals surface area contributed by atoms with Gasteiger partial charge in [0, 0.05) is 5.56 Å². The average Bonchev–Trinajstić information content (AvgIpc) is 3.05. The summed E-state index contributed by atoms with van der Waals surface area (Å²) in [5.41, 5.74) is 3.72. The maximum Gasteiger partial charge on any atom is 0.293 e. The lowest BCUT2D eigenvalue weighted by Crippen LogP contribution is -2.25. The van der Waals surface area contributed by atoms with Gasteiger partial charge in [-0.2, -0.15) is 10.2 Å². The predicted octanol–water partition coefficient (Wildman–Crippen LogP) is 3.05. The Balaban J connectivity index is 1.76. The van der Waals surface area contributed by atoms with Crippen molar-refractivity contribution in [3.8, 4) is 11.3 Å². The lowest BCUT2D eigenvalue weighted by atomic mass is 10.1. The topological polar surface area (TPSA) is 52.2 Å². The molecule has 5 nitrogen and oxygen atoms in total. The van der Waals surface area contributed by atoms with Gasteiger partial charge in [-0.05, 0) is 48.4 Å². The first-order chi connectivity index (χ1) is 12.1. The molecule has 0 amide bonds. The molecule has 0 aliphatic heterocycles. The van der Waals surface area contributed by atoms with Gasteiger partial charge in [-0.3, -0.25) is 4.79 Å². The minimum Gasteiger partial charge on any atom is -0.265 e. The SMILES string of the molecule is Cc1ccccc1Cn1ncn2nc(-c3ccc(F)cc3)cc2c1=O. The molecule has 124 valence electrons. The van der Waals surface area contributed by atoms with E-state index in [1.807, 2.05) is 31.2 Å². The van der Waals surface area contributed by atoms with Crippen LogP contribution in [0.4, 0.5) is 4.39 Å². The molecule has 0 saturated heterocycles. The smallest absolute Gasteiger partial charge is 0.265 e. The number of nitrogens with zero attached hydrogens (tertiary/aromatic N) is 4. The molecular weight excluding hydrogens is 319 g/mol. The maximum atomic E-state index is 13.1. The zero-order valence-electron chi connectivity index (χ0n) is 13.6. The summed E-state index contributed by atoms with van der Waals surface area (Å²) in [6, 6.07) is 15.6. The summed E-state index contributed by atoms with van der Waals surface area (Å²) in [4.78, 5) is 12.7. The Labute approximate surface area is 143 Å². The Morgan fingerprint density at radius 3 is 2.60 bits per heavy atom. The van der Waals surface area contributed by atoms with E-state index in [1.54, 1.807) is 18.2 Å². The van der Waals surface area contributed by atoms with Gasteiger partial charge < -0.3 is 0 Å². The van der Waals surface area contributed by atoms with Gasteiger partial charge in [-0.15, -0.1) is 0 Å². The van der Waals surface area contributed by atoms with Gasteiger partial charge in [0.25, 0.3) is 5.56 Å². The van der Waals surface area contributed by atoms with Crippen molar-refractivity contribution in [2.45, 2.75) is 13.5 Å². The number of benzene rings is 2. The molecule has 0 unspecified atom stereocenters. The Hall–Kier alpha value is -3.28. The van der Waals surface area contributed by atoms with E-state index >= 15 is 0 Å². The molecule has 2 aromatic carbocycles. The lowest BCUT2D eigenvalue weighted by molar-refractivity contribution is 0.618. The largest absolute Gasteiger partial charge is 0.293 e. The number of fused-ring (bicyclic) bond motifs is 1. The maximum absolute atomic E-state index is 13.1. The molecule has 0 fully saturated rings. The molecule has 0 atom stereocenters. The summed E-state index contributed by atoms with van der Waals surface area (Å²) in [5.74, 6) is -0.310. The highest BCUT2D eigenvalue weighted by atomic mass is 19.1. The van der Waals surface area contributed by atoms with Crippen LogP contribution in [0.3, 0.4) is 0 Å². The second-order valence-electron chi connectivity index (χ2n) is 5.89. The Kier molecular flexibility index (Phi) is 3.65. The van der Waals surface area contributed by atoms with Gasteiger partial charge in [-0.1, -0.05) is 24.3 Å². The van der Waals surface area contributed by atoms with Crippen molar-refractivity contribution < 1.29 is 4.39 Å². The molecule has 0 saturated carbocycles. The van der Waals surface area contributed by atoms with Gasteiger partial charge in [0.2, 0.25) is 0 Å². The van der Waals surface area contributed by atoms with Crippen molar-refractivity contribution in [3.05, 3.63) is 88.2 Å². The van der Waals surface area contributed by atoms with Gasteiger partial charge in [0.05, 0.1) is 12.2 Å². The second-order valence-corrected chi connectivity index (χ2v) is 5.89. The first-order valence-corrected chi connectivity index (χ1v) is 7.88. The van der Waals surface area contributed by atoms with Crippen LogP contribution in [0.5, 0.6) is 0 Å². The van der Waals surface area contributed by atoms with Crippen molar-refractivity contribution in [1.82, 2.24) is 19.4 Å². The number of rotatable bonds is 3. The van der Waals surface area contributed by atoms with Crippen molar-refractivity contribution in [3.63, 3.8) is 0 Å². The standard InChI is InChI=1S/C19H15FN4O/c1-13-4-2-3-5-15(13)11-23-19(25)18-10-17(22-24(18)12-21-23)14-6-8-16(20)9-7-14/h2-10,12H,11H2,1H3. The van der Waals surface area contributed by atoms with Crippen molar-refractivity contribution >= 4 is 5.52 Å². The van der Waals surface area contributed by atoms with Crippen LogP contribution in [0.2, 0.25) is 0 Å². The molecule has 4 aromatic rings. The molecular formula is C19H15FN4O. The van der Waals surface area contributed by atoms with E-state index in [9.17, 15) is 9.18 Å². The monoisotopic (exact) mass is 334 g/mol. The molecule has 0 bridgehead atoms. The minimum absolute atomic E-state index is 0.216. The quantitative estimate of drug-likeness (QED) is 0.579. The highest BCUT2D eigenvalue weighted by Crippen LogP contribution is 2.18. The molecule has 2 aromatic heterocycles. The molecule has 0 spiro atoms. The van der Waals surface area contributed by atoms with Gasteiger partial charge in [0.15, 0.2) is 0 Å². The molecule has 0 aliphatic rings. The summed E-state index contributed by atoms with van der Waals surface area (Å²) in [6.45, 7) is 2.41. The fraction of sp³-hybridized carbons (Fsp3) is 0.105. The average molecular weight is 334 g/mol. The summed E-state index contributed by atoms with van der Waals surface area (Å²) in [6.07, 6.45) is 1.52. The lowest BCUT2D eigenvalue weighted by Gasteiger charge is -2.07. The van der Waals surface area contributed by atoms with Crippen molar-refractivity contribution in [2.24, 2.45) is 0 Å². The molecule has 0 aliphatic carbocycles. The summed E-state index contributed by atoms with van der Waals surface area (Å²) >= 11 is 0. The van der Waals surface area contributed by atoms with Crippen molar-refractivity contribution in [2.75, 3.05) is 0 Å². The van der Waals surface area contributed by atoms with Crippen LogP contribution in [0, 0.1) is 12.7 Å². The van der Waals surface area contributed by atoms with E-state index in [4.69, 9.17) is 0 Å². The zero-order valence-corrected chi connectivity index (χ0v) is 13.6. The number of halogens is 1. The third-order valence-corrected chi connectivity index (χ3v) is 4.21. The van der Waals surface area contributed by atoms with Crippen LogP contribution in [-0.4, -0.2) is 19.4 Å². The minimum atomic E-state index is -0.310. The van der Waals surface area contributed by atoms with Crippen LogP contribution in [-0.2, 0) is 6.54 Å². The summed E-state index contributed by atoms with van der Waals surface area (Å²) in [5, 5.41) is 8.57. The van der Waals surface area contributed by atoms with E-state index in [-0.39, 0.29) is 11.4 Å².